The molecule has 2 aromatic rings. The summed E-state index contributed by atoms with van der Waals surface area (Å²) in [6.45, 7) is -0.552. The Morgan fingerprint density at radius 3 is 2.41 bits per heavy atom. The van der Waals surface area contributed by atoms with Crippen LogP contribution in [0.3, 0.4) is 0 Å². The van der Waals surface area contributed by atoms with E-state index in [0.29, 0.717) is 29.0 Å². The Hall–Kier alpha value is -2.86. The van der Waals surface area contributed by atoms with Crippen molar-refractivity contribution in [1.29, 1.82) is 0 Å². The van der Waals surface area contributed by atoms with Crippen LogP contribution in [0.4, 0.5) is 4.79 Å². The summed E-state index contributed by atoms with van der Waals surface area (Å²) in [4.78, 5) is 39.0. The molecule has 2 aromatic carbocycles. The number of Topliss-reactive ketones (excluding diaryl/α,β-unsaturated/α-hetero) is 1. The van der Waals surface area contributed by atoms with Crippen molar-refractivity contribution in [2.45, 2.75) is 31.2 Å². The van der Waals surface area contributed by atoms with E-state index in [4.69, 9.17) is 21.1 Å². The molecule has 1 aliphatic carbocycles. The van der Waals surface area contributed by atoms with Gasteiger partial charge in [0.05, 0.1) is 5.56 Å². The van der Waals surface area contributed by atoms with Crippen LogP contribution in [0.5, 0.6) is 0 Å². The molecule has 0 radical (unpaired) electrons. The zero-order chi connectivity index (χ0) is 20.9. The summed E-state index contributed by atoms with van der Waals surface area (Å²) in [5.74, 6) is -0.687. The Kier molecular flexibility index (Phi) is 6.54. The second kappa shape index (κ2) is 9.09. The lowest BCUT2D eigenvalue weighted by Crippen LogP contribution is -2.54. The Bertz CT molecular complexity index is 901. The molecule has 0 bridgehead atoms. The van der Waals surface area contributed by atoms with Crippen molar-refractivity contribution in [3.63, 3.8) is 0 Å². The summed E-state index contributed by atoms with van der Waals surface area (Å²) in [5.41, 5.74) is -0.268. The molecule has 0 unspecified atom stereocenters. The first-order valence-corrected chi connectivity index (χ1v) is 9.75. The van der Waals surface area contributed by atoms with E-state index in [9.17, 15) is 14.4 Å². The Balaban J connectivity index is 1.73. The maximum atomic E-state index is 13.0. The molecule has 1 aliphatic rings. The molecule has 1 fully saturated rings. The molecule has 6 nitrogen and oxygen atoms in total. The average Bonchev–Trinajstić information content (AvgIpc) is 2.74. The summed E-state index contributed by atoms with van der Waals surface area (Å²) in [7, 11) is 1.51. The third-order valence-electron chi connectivity index (χ3n) is 5.20. The molecule has 1 amide bonds. The number of benzene rings is 2. The normalized spacial score (nSPS) is 18.8. The van der Waals surface area contributed by atoms with Gasteiger partial charge in [0.25, 0.3) is 0 Å². The number of carbonyl (C=O) groups excluding carboxylic acids is 3. The van der Waals surface area contributed by atoms with Gasteiger partial charge < -0.3 is 9.47 Å². The molecule has 0 aromatic heterocycles. The second-order valence-electron chi connectivity index (χ2n) is 6.86. The van der Waals surface area contributed by atoms with Crippen molar-refractivity contribution in [3.8, 4) is 0 Å². The highest BCUT2D eigenvalue weighted by molar-refractivity contribution is 6.31. The van der Waals surface area contributed by atoms with Crippen LogP contribution >= 0.6 is 11.6 Å². The molecule has 29 heavy (non-hydrogen) atoms. The first kappa shape index (κ1) is 20.9. The smallest absolute Gasteiger partial charge is 0.413 e. The van der Waals surface area contributed by atoms with E-state index >= 15 is 0 Å². The van der Waals surface area contributed by atoms with Gasteiger partial charge in [0.15, 0.2) is 5.78 Å². The second-order valence-corrected chi connectivity index (χ2v) is 7.26. The van der Waals surface area contributed by atoms with Crippen LogP contribution in [-0.4, -0.2) is 36.6 Å². The average molecular weight is 416 g/mol. The number of ether oxygens (including phenoxy) is 2. The third-order valence-corrected chi connectivity index (χ3v) is 5.53. The number of amides is 1. The van der Waals surface area contributed by atoms with Gasteiger partial charge in [-0.3, -0.25) is 9.69 Å². The minimum atomic E-state index is -1.20. The third kappa shape index (κ3) is 4.27. The summed E-state index contributed by atoms with van der Waals surface area (Å²) in [6, 6.07) is 15.4. The van der Waals surface area contributed by atoms with Crippen molar-refractivity contribution in [1.82, 2.24) is 4.90 Å². The number of hydrogen-bond donors (Lipinski definition) is 0. The summed E-state index contributed by atoms with van der Waals surface area (Å²) in [6.07, 6.45) is 1.58. The van der Waals surface area contributed by atoms with Crippen molar-refractivity contribution in [2.24, 2.45) is 0 Å². The van der Waals surface area contributed by atoms with Crippen LogP contribution in [0.25, 0.3) is 0 Å². The molecule has 0 aliphatic heterocycles. The summed E-state index contributed by atoms with van der Waals surface area (Å²) in [5, 5.41) is 0.415. The number of likely N-dealkylation sites (N-methyl/N-ethyl adjacent to an activating group) is 1. The van der Waals surface area contributed by atoms with Gasteiger partial charge in [-0.25, -0.2) is 9.59 Å². The van der Waals surface area contributed by atoms with Gasteiger partial charge in [0, 0.05) is 24.1 Å². The lowest BCUT2D eigenvalue weighted by Gasteiger charge is -2.43. The lowest BCUT2D eigenvalue weighted by molar-refractivity contribution is -0.133. The molecule has 0 heterocycles. The van der Waals surface area contributed by atoms with Crippen LogP contribution < -0.4 is 0 Å². The number of rotatable bonds is 5. The molecule has 7 heteroatoms. The molecule has 152 valence electrons. The van der Waals surface area contributed by atoms with Crippen LogP contribution in [0.1, 0.15) is 41.6 Å². The van der Waals surface area contributed by atoms with E-state index < -0.39 is 24.4 Å². The highest BCUT2D eigenvalue weighted by atomic mass is 35.5. The zero-order valence-corrected chi connectivity index (χ0v) is 16.9. The van der Waals surface area contributed by atoms with Gasteiger partial charge in [0.1, 0.15) is 5.54 Å². The minimum absolute atomic E-state index is 0.0856. The van der Waals surface area contributed by atoms with E-state index in [1.807, 2.05) is 0 Å². The van der Waals surface area contributed by atoms with E-state index in [0.717, 1.165) is 12.8 Å². The molecular weight excluding hydrogens is 394 g/mol. The Morgan fingerprint density at radius 2 is 1.72 bits per heavy atom. The molecule has 3 rings (SSSR count). The SMILES string of the molecule is CN(C(=O)OCOC(=O)c1ccccc1)[C@]1(c2ccccc2Cl)CCCCC1=O. The fraction of sp³-hybridized carbons (Fsp3) is 0.318. The Morgan fingerprint density at radius 1 is 1.03 bits per heavy atom. The molecule has 1 saturated carbocycles. The first-order chi connectivity index (χ1) is 14.0. The van der Waals surface area contributed by atoms with Gasteiger partial charge in [-0.2, -0.15) is 0 Å². The van der Waals surface area contributed by atoms with E-state index in [1.165, 1.54) is 11.9 Å². The van der Waals surface area contributed by atoms with Gasteiger partial charge in [0.2, 0.25) is 6.79 Å². The molecule has 1 atom stereocenters. The summed E-state index contributed by atoms with van der Waals surface area (Å²) >= 11 is 6.37. The number of ketones is 1. The van der Waals surface area contributed by atoms with Crippen LogP contribution in [0.15, 0.2) is 54.6 Å². The standard InChI is InChI=1S/C22H22ClNO5/c1-24(21(27)29-15-28-20(26)16-9-3-2-4-10-16)22(14-8-7-13-19(22)25)17-11-5-6-12-18(17)23/h2-6,9-12H,7-8,13-15H2,1H3/t22-/m0/s1. The Labute approximate surface area is 174 Å². The number of hydrogen-bond acceptors (Lipinski definition) is 5. The topological polar surface area (TPSA) is 72.9 Å². The van der Waals surface area contributed by atoms with Gasteiger partial charge in [-0.1, -0.05) is 48.0 Å². The first-order valence-electron chi connectivity index (χ1n) is 9.38. The van der Waals surface area contributed by atoms with Gasteiger partial charge in [-0.05, 0) is 37.5 Å². The largest absolute Gasteiger partial charge is 0.424 e. The maximum Gasteiger partial charge on any atom is 0.413 e. The van der Waals surface area contributed by atoms with Crippen LogP contribution in [0, 0.1) is 0 Å². The highest BCUT2D eigenvalue weighted by Crippen LogP contribution is 2.42. The predicted molar refractivity (Wildman–Crippen MR) is 108 cm³/mol. The molecule has 0 spiro atoms. The number of carbonyl (C=O) groups is 3. The van der Waals surface area contributed by atoms with Crippen molar-refractivity contribution < 1.29 is 23.9 Å². The van der Waals surface area contributed by atoms with Crippen LogP contribution in [-0.2, 0) is 19.8 Å². The monoisotopic (exact) mass is 415 g/mol. The van der Waals surface area contributed by atoms with Crippen molar-refractivity contribution in [3.05, 3.63) is 70.7 Å². The van der Waals surface area contributed by atoms with Crippen molar-refractivity contribution in [2.75, 3.05) is 13.8 Å². The van der Waals surface area contributed by atoms with Gasteiger partial charge >= 0.3 is 12.1 Å². The molecular formula is C22H22ClNO5. The van der Waals surface area contributed by atoms with Gasteiger partial charge in [-0.15, -0.1) is 0 Å². The van der Waals surface area contributed by atoms with E-state index in [2.05, 4.69) is 0 Å². The van der Waals surface area contributed by atoms with Crippen molar-refractivity contribution >= 4 is 29.4 Å². The summed E-state index contributed by atoms with van der Waals surface area (Å²) < 4.78 is 10.1. The van der Waals surface area contributed by atoms with Crippen LogP contribution in [0.2, 0.25) is 5.02 Å². The number of halogens is 1. The number of nitrogens with zero attached hydrogens (tertiary/aromatic N) is 1. The lowest BCUT2D eigenvalue weighted by atomic mass is 9.74. The molecule has 0 N–H and O–H groups in total. The fourth-order valence-corrected chi connectivity index (χ4v) is 3.97. The fourth-order valence-electron chi connectivity index (χ4n) is 3.67. The minimum Gasteiger partial charge on any atom is -0.424 e. The van der Waals surface area contributed by atoms with E-state index in [1.54, 1.807) is 54.6 Å². The predicted octanol–water partition coefficient (Wildman–Crippen LogP) is 4.56. The molecule has 0 saturated heterocycles. The van der Waals surface area contributed by atoms with E-state index in [-0.39, 0.29) is 5.78 Å². The highest BCUT2D eigenvalue weighted by Gasteiger charge is 2.48. The zero-order valence-electron chi connectivity index (χ0n) is 16.1. The quantitative estimate of drug-likeness (QED) is 0.528. The maximum absolute atomic E-state index is 13.0. The number of esters is 1.